The Balaban J connectivity index is 2.57. The summed E-state index contributed by atoms with van der Waals surface area (Å²) in [5.74, 6) is 0.606. The van der Waals surface area contributed by atoms with E-state index in [0.29, 0.717) is 6.54 Å². The molecule has 4 heteroatoms. The molecule has 1 heterocycles. The van der Waals surface area contributed by atoms with Gasteiger partial charge in [-0.2, -0.15) is 0 Å². The minimum atomic E-state index is -0.241. The molecule has 0 radical (unpaired) electrons. The standard InChI is InChI=1S/C14H16FN3/c1-18(2)14-13(9-16)12(7-8-17-14)10-3-5-11(15)6-4-10/h3-8H,9,16H2,1-2H3. The predicted molar refractivity (Wildman–Crippen MR) is 71.8 cm³/mol. The van der Waals surface area contributed by atoms with Crippen LogP contribution in [0.1, 0.15) is 5.56 Å². The summed E-state index contributed by atoms with van der Waals surface area (Å²) in [6, 6.07) is 8.31. The highest BCUT2D eigenvalue weighted by Crippen LogP contribution is 2.28. The molecule has 3 nitrogen and oxygen atoms in total. The minimum absolute atomic E-state index is 0.241. The Hall–Kier alpha value is -1.94. The summed E-state index contributed by atoms with van der Waals surface area (Å²) in [5, 5.41) is 0. The van der Waals surface area contributed by atoms with E-state index in [0.717, 1.165) is 22.5 Å². The van der Waals surface area contributed by atoms with Gasteiger partial charge >= 0.3 is 0 Å². The fourth-order valence-electron chi connectivity index (χ4n) is 1.97. The Labute approximate surface area is 106 Å². The summed E-state index contributed by atoms with van der Waals surface area (Å²) < 4.78 is 12.9. The number of aromatic nitrogens is 1. The molecule has 2 N–H and O–H groups in total. The van der Waals surface area contributed by atoms with Gasteiger partial charge in [-0.05, 0) is 29.3 Å². The first-order valence-corrected chi connectivity index (χ1v) is 5.74. The Kier molecular flexibility index (Phi) is 3.58. The highest BCUT2D eigenvalue weighted by Gasteiger charge is 2.11. The maximum atomic E-state index is 12.9. The van der Waals surface area contributed by atoms with Crippen LogP contribution in [0, 0.1) is 5.82 Å². The van der Waals surface area contributed by atoms with Crippen molar-refractivity contribution in [3.05, 3.63) is 47.9 Å². The Bertz CT molecular complexity index is 535. The van der Waals surface area contributed by atoms with Crippen LogP contribution in [0.4, 0.5) is 10.2 Å². The van der Waals surface area contributed by atoms with Crippen LogP contribution < -0.4 is 10.6 Å². The summed E-state index contributed by atoms with van der Waals surface area (Å²) in [7, 11) is 3.85. The van der Waals surface area contributed by atoms with E-state index in [1.165, 1.54) is 12.1 Å². The molecule has 0 amide bonds. The molecular formula is C14H16FN3. The van der Waals surface area contributed by atoms with Gasteiger partial charge in [0.15, 0.2) is 0 Å². The molecule has 2 rings (SSSR count). The van der Waals surface area contributed by atoms with E-state index >= 15 is 0 Å². The lowest BCUT2D eigenvalue weighted by Crippen LogP contribution is -2.15. The molecule has 1 aromatic carbocycles. The van der Waals surface area contributed by atoms with Crippen LogP contribution >= 0.6 is 0 Å². The molecule has 0 fully saturated rings. The van der Waals surface area contributed by atoms with Crippen LogP contribution in [-0.2, 0) is 6.54 Å². The second-order valence-corrected chi connectivity index (χ2v) is 4.27. The van der Waals surface area contributed by atoms with Crippen molar-refractivity contribution in [3.63, 3.8) is 0 Å². The maximum Gasteiger partial charge on any atom is 0.133 e. The smallest absolute Gasteiger partial charge is 0.133 e. The van der Waals surface area contributed by atoms with Crippen LogP contribution in [-0.4, -0.2) is 19.1 Å². The summed E-state index contributed by atoms with van der Waals surface area (Å²) in [4.78, 5) is 6.25. The molecule has 0 unspecified atom stereocenters. The van der Waals surface area contributed by atoms with Crippen LogP contribution in [0.5, 0.6) is 0 Å². The molecule has 18 heavy (non-hydrogen) atoms. The molecular weight excluding hydrogens is 229 g/mol. The van der Waals surface area contributed by atoms with Gasteiger partial charge < -0.3 is 10.6 Å². The summed E-state index contributed by atoms with van der Waals surface area (Å²) >= 11 is 0. The van der Waals surface area contributed by atoms with E-state index in [9.17, 15) is 4.39 Å². The number of pyridine rings is 1. The number of hydrogen-bond donors (Lipinski definition) is 1. The number of halogens is 1. The number of benzene rings is 1. The Morgan fingerprint density at radius 3 is 2.39 bits per heavy atom. The van der Waals surface area contributed by atoms with E-state index in [1.54, 1.807) is 18.3 Å². The highest BCUT2D eigenvalue weighted by atomic mass is 19.1. The Morgan fingerprint density at radius 2 is 1.83 bits per heavy atom. The zero-order chi connectivity index (χ0) is 13.1. The van der Waals surface area contributed by atoms with Crippen molar-refractivity contribution >= 4 is 5.82 Å². The third kappa shape index (κ3) is 2.33. The van der Waals surface area contributed by atoms with E-state index in [1.807, 2.05) is 25.1 Å². The highest BCUT2D eigenvalue weighted by molar-refractivity contribution is 5.72. The number of hydrogen-bond acceptors (Lipinski definition) is 3. The molecule has 1 aromatic heterocycles. The molecule has 0 saturated heterocycles. The molecule has 94 valence electrons. The first kappa shape index (κ1) is 12.5. The lowest BCUT2D eigenvalue weighted by Gasteiger charge is -2.18. The zero-order valence-corrected chi connectivity index (χ0v) is 10.5. The number of anilines is 1. The van der Waals surface area contributed by atoms with Gasteiger partial charge in [-0.1, -0.05) is 12.1 Å². The van der Waals surface area contributed by atoms with Crippen molar-refractivity contribution in [2.75, 3.05) is 19.0 Å². The van der Waals surface area contributed by atoms with Gasteiger partial charge in [-0.25, -0.2) is 9.37 Å². The summed E-state index contributed by atoms with van der Waals surface area (Å²) in [6.07, 6.45) is 1.74. The van der Waals surface area contributed by atoms with Crippen LogP contribution in [0.25, 0.3) is 11.1 Å². The molecule has 0 spiro atoms. The number of nitrogens with zero attached hydrogens (tertiary/aromatic N) is 2. The molecule has 0 aliphatic carbocycles. The second kappa shape index (κ2) is 5.14. The van der Waals surface area contributed by atoms with E-state index in [-0.39, 0.29) is 5.82 Å². The van der Waals surface area contributed by atoms with E-state index in [4.69, 9.17) is 5.73 Å². The van der Waals surface area contributed by atoms with Gasteiger partial charge in [0, 0.05) is 32.4 Å². The van der Waals surface area contributed by atoms with E-state index in [2.05, 4.69) is 4.98 Å². The number of nitrogens with two attached hydrogens (primary N) is 1. The molecule has 0 aliphatic heterocycles. The minimum Gasteiger partial charge on any atom is -0.362 e. The van der Waals surface area contributed by atoms with Gasteiger partial charge in [0.05, 0.1) is 0 Å². The topological polar surface area (TPSA) is 42.2 Å². The summed E-state index contributed by atoms with van der Waals surface area (Å²) in [5.41, 5.74) is 8.73. The van der Waals surface area contributed by atoms with Crippen LogP contribution in [0.15, 0.2) is 36.5 Å². The second-order valence-electron chi connectivity index (χ2n) is 4.27. The average molecular weight is 245 g/mol. The van der Waals surface area contributed by atoms with Gasteiger partial charge in [-0.15, -0.1) is 0 Å². The van der Waals surface area contributed by atoms with Crippen molar-refractivity contribution in [2.24, 2.45) is 5.73 Å². The maximum absolute atomic E-state index is 12.9. The van der Waals surface area contributed by atoms with Gasteiger partial charge in [0.1, 0.15) is 11.6 Å². The monoisotopic (exact) mass is 245 g/mol. The van der Waals surface area contributed by atoms with Crippen molar-refractivity contribution in [2.45, 2.75) is 6.54 Å². The first-order chi connectivity index (χ1) is 8.63. The van der Waals surface area contributed by atoms with Crippen molar-refractivity contribution < 1.29 is 4.39 Å². The molecule has 0 saturated carbocycles. The lowest BCUT2D eigenvalue weighted by atomic mass is 10.0. The molecule has 0 aliphatic rings. The van der Waals surface area contributed by atoms with E-state index < -0.39 is 0 Å². The average Bonchev–Trinajstić information content (AvgIpc) is 2.38. The predicted octanol–water partition coefficient (Wildman–Crippen LogP) is 2.41. The van der Waals surface area contributed by atoms with Crippen molar-refractivity contribution in [1.29, 1.82) is 0 Å². The fourth-order valence-corrected chi connectivity index (χ4v) is 1.97. The first-order valence-electron chi connectivity index (χ1n) is 5.74. The summed E-state index contributed by atoms with van der Waals surface area (Å²) in [6.45, 7) is 0.397. The zero-order valence-electron chi connectivity index (χ0n) is 10.5. The fraction of sp³-hybridized carbons (Fsp3) is 0.214. The molecule has 0 bridgehead atoms. The normalized spacial score (nSPS) is 10.4. The lowest BCUT2D eigenvalue weighted by molar-refractivity contribution is 0.628. The SMILES string of the molecule is CN(C)c1nccc(-c2ccc(F)cc2)c1CN. The third-order valence-corrected chi connectivity index (χ3v) is 2.82. The molecule has 2 aromatic rings. The van der Waals surface area contributed by atoms with Gasteiger partial charge in [0.25, 0.3) is 0 Å². The van der Waals surface area contributed by atoms with Gasteiger partial charge in [-0.3, -0.25) is 0 Å². The van der Waals surface area contributed by atoms with Crippen LogP contribution in [0.3, 0.4) is 0 Å². The van der Waals surface area contributed by atoms with Crippen molar-refractivity contribution in [3.8, 4) is 11.1 Å². The third-order valence-electron chi connectivity index (χ3n) is 2.82. The van der Waals surface area contributed by atoms with Crippen LogP contribution in [0.2, 0.25) is 0 Å². The van der Waals surface area contributed by atoms with Crippen molar-refractivity contribution in [1.82, 2.24) is 4.98 Å². The Morgan fingerprint density at radius 1 is 1.17 bits per heavy atom. The number of rotatable bonds is 3. The van der Waals surface area contributed by atoms with Gasteiger partial charge in [0.2, 0.25) is 0 Å². The quantitative estimate of drug-likeness (QED) is 0.903. The molecule has 0 atom stereocenters. The largest absolute Gasteiger partial charge is 0.362 e.